The van der Waals surface area contributed by atoms with Gasteiger partial charge in [-0.3, -0.25) is 14.4 Å². The number of nitrogens with one attached hydrogen (secondary N) is 1. The van der Waals surface area contributed by atoms with Crippen LogP contribution in [0.1, 0.15) is 58.3 Å². The zero-order valence-electron chi connectivity index (χ0n) is 28.4. The van der Waals surface area contributed by atoms with Gasteiger partial charge >= 0.3 is 0 Å². The predicted molar refractivity (Wildman–Crippen MR) is 202 cm³/mol. The van der Waals surface area contributed by atoms with Gasteiger partial charge in [-0.15, -0.1) is 48.0 Å². The quantitative estimate of drug-likeness (QED) is 0.115. The van der Waals surface area contributed by atoms with Crippen molar-refractivity contribution in [2.45, 2.75) is 71.9 Å². The number of hydrogen-bond acceptors (Lipinski definition) is 6. The van der Waals surface area contributed by atoms with Gasteiger partial charge in [0.2, 0.25) is 12.3 Å². The van der Waals surface area contributed by atoms with Gasteiger partial charge in [-0.05, 0) is 61.1 Å². The molecule has 2 unspecified atom stereocenters. The van der Waals surface area contributed by atoms with Crippen LogP contribution in [0.4, 0.5) is 10.1 Å². The fraction of sp³-hybridized carbons (Fsp3) is 0.515. The highest BCUT2D eigenvalue weighted by Crippen LogP contribution is 2.23. The van der Waals surface area contributed by atoms with E-state index in [0.29, 0.717) is 18.2 Å². The highest BCUT2D eigenvalue weighted by molar-refractivity contribution is 6.18. The molecule has 0 fully saturated rings. The molecule has 0 bridgehead atoms. The second-order valence-corrected chi connectivity index (χ2v) is 11.9. The van der Waals surface area contributed by atoms with Crippen molar-refractivity contribution < 1.29 is 23.9 Å². The second-order valence-electron chi connectivity index (χ2n) is 11.1. The number of halogens is 5. The number of aromatic nitrogens is 2. The number of amides is 2. The average Bonchev–Trinajstić information content (AvgIpc) is 3.31. The molecule has 0 aliphatic carbocycles. The number of anilines is 1. The maximum absolute atomic E-state index is 13.1. The smallest absolute Gasteiger partial charge is 0.290 e. The van der Waals surface area contributed by atoms with Gasteiger partial charge in [-0.25, -0.2) is 9.37 Å². The first-order chi connectivity index (χ1) is 21.9. The minimum absolute atomic E-state index is 0. The maximum atomic E-state index is 13.1. The SMILES string of the molecule is CC(C)C.CCC(CCc1nc2cc(N(CCCl)CCCl)ccc2n1C)NC(=O)CC(N)Cc1ccc(F)cc1.Cl.Cl.NC=O.O=CO. The van der Waals surface area contributed by atoms with Crippen molar-refractivity contribution in [2.75, 3.05) is 29.7 Å². The Morgan fingerprint density at radius 1 is 1.08 bits per heavy atom. The highest BCUT2D eigenvalue weighted by Gasteiger charge is 2.17. The average molecular weight is 759 g/mol. The Labute approximate surface area is 306 Å². The molecular weight excluding hydrogens is 705 g/mol. The standard InChI is InChI=1S/C27H36Cl2FN5O.C4H10.CH3NO.CH2O2.2ClH/c1-3-22(32-27(36)17-21(31)16-19-4-6-20(30)7-5-19)8-11-26-33-24-18-23(9-10-25(24)34(26)2)35(14-12-28)15-13-29;1-4(2)3;2*2-1-3;;/h4-7,9-10,18,21-22H,3,8,11-17,31H2,1-2H3,(H,32,36);4H,1-3H3;1H,(H2,2,3);1H,(H,2,3);2*1H. The Balaban J connectivity index is -0.00000150. The number of nitrogens with two attached hydrogens (primary N) is 2. The number of hydrogen-bond donors (Lipinski definition) is 4. The Hall–Kier alpha value is -2.83. The van der Waals surface area contributed by atoms with Crippen LogP contribution in [0.25, 0.3) is 11.0 Å². The monoisotopic (exact) mass is 756 g/mol. The van der Waals surface area contributed by atoms with E-state index in [4.69, 9.17) is 48.6 Å². The van der Waals surface area contributed by atoms with Crippen LogP contribution in [0, 0.1) is 11.7 Å². The number of alkyl halides is 2. The van der Waals surface area contributed by atoms with Gasteiger partial charge in [-0.2, -0.15) is 0 Å². The number of carbonyl (C=O) groups is 3. The van der Waals surface area contributed by atoms with Crippen molar-refractivity contribution in [3.8, 4) is 0 Å². The molecule has 0 saturated heterocycles. The Morgan fingerprint density at radius 3 is 2.08 bits per heavy atom. The number of fused-ring (bicyclic) bond motifs is 1. The second kappa shape index (κ2) is 29.1. The van der Waals surface area contributed by atoms with Crippen molar-refractivity contribution >= 4 is 83.5 Å². The number of imidazole rings is 1. The van der Waals surface area contributed by atoms with Crippen LogP contribution in [0.2, 0.25) is 0 Å². The Kier molecular flexibility index (Phi) is 30.1. The van der Waals surface area contributed by atoms with Crippen molar-refractivity contribution in [1.29, 1.82) is 0 Å². The van der Waals surface area contributed by atoms with Crippen LogP contribution >= 0.6 is 48.0 Å². The van der Waals surface area contributed by atoms with Gasteiger partial charge in [0, 0.05) is 62.5 Å². The molecular formula is C33H53Cl4FN6O4. The van der Waals surface area contributed by atoms with Gasteiger partial charge in [0.05, 0.1) is 11.0 Å². The van der Waals surface area contributed by atoms with Crippen LogP contribution in [0.15, 0.2) is 42.5 Å². The van der Waals surface area contributed by atoms with Crippen LogP contribution in [-0.4, -0.2) is 70.4 Å². The molecule has 6 N–H and O–H groups in total. The van der Waals surface area contributed by atoms with Gasteiger partial charge in [0.1, 0.15) is 11.6 Å². The lowest BCUT2D eigenvalue weighted by atomic mass is 10.0. The van der Waals surface area contributed by atoms with Gasteiger partial charge in [0.25, 0.3) is 6.47 Å². The molecule has 0 spiro atoms. The molecule has 10 nitrogen and oxygen atoms in total. The fourth-order valence-electron chi connectivity index (χ4n) is 4.43. The van der Waals surface area contributed by atoms with E-state index in [0.717, 1.165) is 66.4 Å². The number of primary amides is 1. The molecule has 0 aliphatic rings. The molecule has 3 rings (SSSR count). The van der Waals surface area contributed by atoms with E-state index in [1.165, 1.54) is 12.1 Å². The third-order valence-electron chi connectivity index (χ3n) is 6.46. The van der Waals surface area contributed by atoms with Gasteiger partial charge in [0.15, 0.2) is 0 Å². The van der Waals surface area contributed by atoms with E-state index in [2.05, 4.69) is 66.4 Å². The molecule has 1 heterocycles. The molecule has 3 aromatic rings. The fourth-order valence-corrected chi connectivity index (χ4v) is 4.84. The first-order valence-electron chi connectivity index (χ1n) is 15.3. The van der Waals surface area contributed by atoms with Crippen LogP contribution in [-0.2, 0) is 34.3 Å². The van der Waals surface area contributed by atoms with E-state index in [1.54, 1.807) is 12.1 Å². The summed E-state index contributed by atoms with van der Waals surface area (Å²) in [4.78, 5) is 36.6. The largest absolute Gasteiger partial charge is 0.483 e. The molecule has 0 radical (unpaired) electrons. The topological polar surface area (TPSA) is 157 Å². The zero-order valence-corrected chi connectivity index (χ0v) is 31.6. The summed E-state index contributed by atoms with van der Waals surface area (Å²) in [5.74, 6) is 2.53. The summed E-state index contributed by atoms with van der Waals surface area (Å²) >= 11 is 11.9. The minimum atomic E-state index is -0.320. The van der Waals surface area contributed by atoms with E-state index < -0.39 is 0 Å². The Bertz CT molecular complexity index is 1270. The van der Waals surface area contributed by atoms with Crippen LogP contribution in [0.3, 0.4) is 0 Å². The summed E-state index contributed by atoms with van der Waals surface area (Å²) in [6.07, 6.45) is 3.35. The summed E-state index contributed by atoms with van der Waals surface area (Å²) in [7, 11) is 2.02. The summed E-state index contributed by atoms with van der Waals surface area (Å²) in [6.45, 7) is 9.77. The lowest BCUT2D eigenvalue weighted by Crippen LogP contribution is -2.39. The molecule has 2 atom stereocenters. The summed E-state index contributed by atoms with van der Waals surface area (Å²) in [5.41, 5.74) is 14.3. The lowest BCUT2D eigenvalue weighted by molar-refractivity contribution is -0.123. The van der Waals surface area contributed by atoms with Crippen LogP contribution in [0.5, 0.6) is 0 Å². The first kappa shape index (κ1) is 49.6. The molecule has 48 heavy (non-hydrogen) atoms. The summed E-state index contributed by atoms with van der Waals surface area (Å²) < 4.78 is 15.2. The van der Waals surface area contributed by atoms with Crippen LogP contribution < -0.4 is 21.7 Å². The highest BCUT2D eigenvalue weighted by atomic mass is 35.5. The number of rotatable bonds is 14. The lowest BCUT2D eigenvalue weighted by Gasteiger charge is -2.22. The minimum Gasteiger partial charge on any atom is -0.483 e. The molecule has 0 aliphatic heterocycles. The number of carboxylic acid groups (broad SMARTS) is 1. The first-order valence-corrected chi connectivity index (χ1v) is 16.3. The van der Waals surface area contributed by atoms with E-state index in [9.17, 15) is 9.18 Å². The zero-order chi connectivity index (χ0) is 35.1. The van der Waals surface area contributed by atoms with Gasteiger partial charge in [-0.1, -0.05) is 39.8 Å². The van der Waals surface area contributed by atoms with E-state index in [-0.39, 0.29) is 67.9 Å². The molecule has 2 amide bonds. The molecule has 15 heteroatoms. The number of nitrogens with zero attached hydrogens (tertiary/aromatic N) is 3. The maximum Gasteiger partial charge on any atom is 0.290 e. The van der Waals surface area contributed by atoms with Crippen molar-refractivity contribution in [3.05, 3.63) is 59.7 Å². The third kappa shape index (κ3) is 20.5. The van der Waals surface area contributed by atoms with E-state index in [1.807, 2.05) is 7.05 Å². The summed E-state index contributed by atoms with van der Waals surface area (Å²) in [6, 6.07) is 12.2. The van der Waals surface area contributed by atoms with Crippen molar-refractivity contribution in [1.82, 2.24) is 14.9 Å². The van der Waals surface area contributed by atoms with E-state index >= 15 is 0 Å². The van der Waals surface area contributed by atoms with Crippen molar-refractivity contribution in [3.63, 3.8) is 0 Å². The Morgan fingerprint density at radius 2 is 1.60 bits per heavy atom. The predicted octanol–water partition coefficient (Wildman–Crippen LogP) is 6.09. The molecule has 274 valence electrons. The number of benzene rings is 2. The molecule has 1 aromatic heterocycles. The normalized spacial score (nSPS) is 11.0. The molecule has 2 aromatic carbocycles. The molecule has 0 saturated carbocycles. The number of aryl methyl sites for hydroxylation is 2. The number of carbonyl (C=O) groups excluding carboxylic acids is 2. The van der Waals surface area contributed by atoms with Crippen molar-refractivity contribution in [2.24, 2.45) is 24.4 Å². The third-order valence-corrected chi connectivity index (χ3v) is 6.80. The van der Waals surface area contributed by atoms with Gasteiger partial charge < -0.3 is 31.4 Å². The summed E-state index contributed by atoms with van der Waals surface area (Å²) in [5, 5.41) is 10.0.